The van der Waals surface area contributed by atoms with E-state index in [0.717, 1.165) is 19.5 Å². The first-order valence-corrected chi connectivity index (χ1v) is 8.60. The number of fused-ring (bicyclic) bond motifs is 1. The Balaban J connectivity index is 1.89. The predicted octanol–water partition coefficient (Wildman–Crippen LogP) is 3.29. The molecule has 0 atom stereocenters. The third-order valence-electron chi connectivity index (χ3n) is 4.99. The van der Waals surface area contributed by atoms with Crippen LogP contribution in [0.25, 0.3) is 10.9 Å². The minimum Gasteiger partial charge on any atom is -0.345 e. The summed E-state index contributed by atoms with van der Waals surface area (Å²) in [5.41, 5.74) is 5.69. The van der Waals surface area contributed by atoms with Gasteiger partial charge in [-0.15, -0.1) is 0 Å². The molecule has 1 aromatic heterocycles. The predicted molar refractivity (Wildman–Crippen MR) is 94.8 cm³/mol. The van der Waals surface area contributed by atoms with Crippen molar-refractivity contribution in [3.8, 4) is 0 Å². The smallest absolute Gasteiger partial charge is 0.0488 e. The summed E-state index contributed by atoms with van der Waals surface area (Å²) in [5.74, 6) is 0. The summed E-state index contributed by atoms with van der Waals surface area (Å²) >= 11 is 0. The number of hydrogen-bond acceptors (Lipinski definition) is 2. The molecule has 0 amide bonds. The lowest BCUT2D eigenvalue weighted by Crippen LogP contribution is -2.44. The molecule has 0 radical (unpaired) electrons. The third-order valence-corrected chi connectivity index (χ3v) is 4.99. The molecule has 3 nitrogen and oxygen atoms in total. The maximum absolute atomic E-state index is 3.43. The quantitative estimate of drug-likeness (QED) is 0.935. The molecule has 0 spiro atoms. The Labute approximate surface area is 134 Å². The first kappa shape index (κ1) is 15.6. The molecule has 1 N–H and O–H groups in total. The summed E-state index contributed by atoms with van der Waals surface area (Å²) in [5, 5.41) is 4.88. The lowest BCUT2D eigenvalue weighted by Gasteiger charge is -2.27. The molecule has 0 saturated carbocycles. The largest absolute Gasteiger partial charge is 0.345 e. The number of rotatable bonds is 4. The fourth-order valence-electron chi connectivity index (χ4n) is 3.42. The van der Waals surface area contributed by atoms with Crippen LogP contribution in [0.5, 0.6) is 0 Å². The Hall–Kier alpha value is -1.32. The summed E-state index contributed by atoms with van der Waals surface area (Å²) in [6, 6.07) is 5.26. The van der Waals surface area contributed by atoms with Gasteiger partial charge in [-0.3, -0.25) is 0 Å². The summed E-state index contributed by atoms with van der Waals surface area (Å²) in [7, 11) is 0. The van der Waals surface area contributed by atoms with Gasteiger partial charge in [-0.05, 0) is 62.9 Å². The van der Waals surface area contributed by atoms with Gasteiger partial charge in [0.15, 0.2) is 0 Å². The van der Waals surface area contributed by atoms with Crippen LogP contribution in [0, 0.1) is 13.8 Å². The number of nitrogens with zero attached hydrogens (tertiary/aromatic N) is 2. The number of nitrogens with one attached hydrogen (secondary N) is 1. The van der Waals surface area contributed by atoms with E-state index in [1.807, 2.05) is 0 Å². The number of piperazine rings is 1. The van der Waals surface area contributed by atoms with E-state index in [0.29, 0.717) is 6.04 Å². The highest BCUT2D eigenvalue weighted by Crippen LogP contribution is 2.28. The minimum absolute atomic E-state index is 0.512. The van der Waals surface area contributed by atoms with Gasteiger partial charge in [0.05, 0.1) is 0 Å². The Morgan fingerprint density at radius 3 is 2.45 bits per heavy atom. The molecule has 1 aromatic carbocycles. The van der Waals surface area contributed by atoms with Crippen molar-refractivity contribution in [1.82, 2.24) is 14.8 Å². The minimum atomic E-state index is 0.512. The molecule has 1 aliphatic rings. The highest BCUT2D eigenvalue weighted by molar-refractivity contribution is 5.85. The van der Waals surface area contributed by atoms with Crippen LogP contribution in [0.4, 0.5) is 0 Å². The van der Waals surface area contributed by atoms with Crippen molar-refractivity contribution >= 4 is 10.9 Å². The molecule has 1 aliphatic heterocycles. The van der Waals surface area contributed by atoms with E-state index in [1.54, 1.807) is 0 Å². The first-order chi connectivity index (χ1) is 10.6. The second-order valence-electron chi connectivity index (χ2n) is 6.95. The van der Waals surface area contributed by atoms with Gasteiger partial charge in [-0.1, -0.05) is 0 Å². The number of aryl methyl sites for hydroxylation is 2. The van der Waals surface area contributed by atoms with E-state index in [-0.39, 0.29) is 0 Å². The molecule has 1 saturated heterocycles. The number of aromatic nitrogens is 1. The molecule has 0 unspecified atom stereocenters. The van der Waals surface area contributed by atoms with Crippen molar-refractivity contribution in [2.45, 2.75) is 40.2 Å². The van der Waals surface area contributed by atoms with Crippen molar-refractivity contribution in [3.05, 3.63) is 35.0 Å². The summed E-state index contributed by atoms with van der Waals surface area (Å²) in [4.78, 5) is 2.58. The molecule has 2 aromatic rings. The average Bonchev–Trinajstić information content (AvgIpc) is 2.85. The molecule has 3 heteroatoms. The molecule has 22 heavy (non-hydrogen) atoms. The molecular weight excluding hydrogens is 270 g/mol. The first-order valence-electron chi connectivity index (χ1n) is 8.60. The van der Waals surface area contributed by atoms with Gasteiger partial charge in [-0.25, -0.2) is 0 Å². The van der Waals surface area contributed by atoms with Crippen molar-refractivity contribution < 1.29 is 0 Å². The van der Waals surface area contributed by atoms with Gasteiger partial charge in [0.25, 0.3) is 0 Å². The van der Waals surface area contributed by atoms with Gasteiger partial charge in [0.1, 0.15) is 0 Å². The fraction of sp³-hybridized carbons (Fsp3) is 0.579. The van der Waals surface area contributed by atoms with E-state index in [4.69, 9.17) is 0 Å². The maximum atomic E-state index is 3.43. The highest BCUT2D eigenvalue weighted by atomic mass is 15.2. The summed E-state index contributed by atoms with van der Waals surface area (Å²) in [6.07, 6.45) is 3.54. The van der Waals surface area contributed by atoms with Crippen LogP contribution in [0.15, 0.2) is 18.3 Å². The van der Waals surface area contributed by atoms with E-state index >= 15 is 0 Å². The SMILES string of the molecule is Cc1cc2c(CCN3CCNCC3)cn(C(C)C)c2cc1C. The van der Waals surface area contributed by atoms with Crippen molar-refractivity contribution in [2.75, 3.05) is 32.7 Å². The molecule has 0 bridgehead atoms. The second-order valence-corrected chi connectivity index (χ2v) is 6.95. The van der Waals surface area contributed by atoms with Crippen molar-refractivity contribution in [3.63, 3.8) is 0 Å². The van der Waals surface area contributed by atoms with Gasteiger partial charge in [0, 0.05) is 55.9 Å². The zero-order chi connectivity index (χ0) is 15.7. The maximum Gasteiger partial charge on any atom is 0.0488 e. The van der Waals surface area contributed by atoms with Crippen LogP contribution in [0.2, 0.25) is 0 Å². The standard InChI is InChI=1S/C19H29N3/c1-14(2)22-13-17(5-8-21-9-6-20-7-10-21)18-11-15(3)16(4)12-19(18)22/h11-14,20H,5-10H2,1-4H3. The Bertz CT molecular complexity index is 648. The Kier molecular flexibility index (Phi) is 4.55. The van der Waals surface area contributed by atoms with Crippen LogP contribution >= 0.6 is 0 Å². The third kappa shape index (κ3) is 3.06. The molecular formula is C19H29N3. The van der Waals surface area contributed by atoms with E-state index in [9.17, 15) is 0 Å². The molecule has 3 rings (SSSR count). The zero-order valence-electron chi connectivity index (χ0n) is 14.4. The lowest BCUT2D eigenvalue weighted by molar-refractivity contribution is 0.244. The molecule has 2 heterocycles. The van der Waals surface area contributed by atoms with Crippen molar-refractivity contribution in [2.24, 2.45) is 0 Å². The van der Waals surface area contributed by atoms with Gasteiger partial charge in [-0.2, -0.15) is 0 Å². The van der Waals surface area contributed by atoms with Crippen LogP contribution in [0.3, 0.4) is 0 Å². The van der Waals surface area contributed by atoms with Crippen LogP contribution in [-0.4, -0.2) is 42.2 Å². The van der Waals surface area contributed by atoms with Crippen LogP contribution in [0.1, 0.15) is 36.6 Å². The topological polar surface area (TPSA) is 20.2 Å². The number of hydrogen-bond donors (Lipinski definition) is 1. The summed E-state index contributed by atoms with van der Waals surface area (Å²) in [6.45, 7) is 14.8. The van der Waals surface area contributed by atoms with Gasteiger partial charge in [0.2, 0.25) is 0 Å². The van der Waals surface area contributed by atoms with Crippen molar-refractivity contribution in [1.29, 1.82) is 0 Å². The van der Waals surface area contributed by atoms with E-state index < -0.39 is 0 Å². The monoisotopic (exact) mass is 299 g/mol. The molecule has 120 valence electrons. The van der Waals surface area contributed by atoms with Gasteiger partial charge < -0.3 is 14.8 Å². The summed E-state index contributed by atoms with van der Waals surface area (Å²) < 4.78 is 2.44. The van der Waals surface area contributed by atoms with Crippen LogP contribution < -0.4 is 5.32 Å². The van der Waals surface area contributed by atoms with Crippen LogP contribution in [-0.2, 0) is 6.42 Å². The Morgan fingerprint density at radius 2 is 1.77 bits per heavy atom. The van der Waals surface area contributed by atoms with E-state index in [2.05, 4.69) is 60.8 Å². The Morgan fingerprint density at radius 1 is 1.09 bits per heavy atom. The molecule has 1 fully saturated rings. The number of benzene rings is 1. The zero-order valence-corrected chi connectivity index (χ0v) is 14.4. The second kappa shape index (κ2) is 6.43. The highest BCUT2D eigenvalue weighted by Gasteiger charge is 2.14. The lowest BCUT2D eigenvalue weighted by atomic mass is 10.0. The fourth-order valence-corrected chi connectivity index (χ4v) is 3.42. The normalized spacial score (nSPS) is 16.8. The van der Waals surface area contributed by atoms with Gasteiger partial charge >= 0.3 is 0 Å². The average molecular weight is 299 g/mol. The van der Waals surface area contributed by atoms with E-state index in [1.165, 1.54) is 47.2 Å². The molecule has 0 aliphatic carbocycles.